The molecule has 0 aliphatic rings. The van der Waals surface area contributed by atoms with Gasteiger partial charge in [-0.25, -0.2) is 9.18 Å². The third kappa shape index (κ3) is 3.57. The highest BCUT2D eigenvalue weighted by Gasteiger charge is 2.09. The van der Waals surface area contributed by atoms with Crippen LogP contribution in [-0.2, 0) is 13.6 Å². The Bertz CT molecular complexity index is 811. The molecule has 0 atom stereocenters. The van der Waals surface area contributed by atoms with Crippen LogP contribution in [0.1, 0.15) is 5.56 Å². The topological polar surface area (TPSA) is 72.1 Å². The van der Waals surface area contributed by atoms with E-state index >= 15 is 0 Å². The second kappa shape index (κ2) is 6.35. The summed E-state index contributed by atoms with van der Waals surface area (Å²) in [6, 6.07) is 7.83. The number of aryl methyl sites for hydroxylation is 1. The quantitative estimate of drug-likeness (QED) is 0.777. The van der Waals surface area contributed by atoms with E-state index in [0.29, 0.717) is 22.6 Å². The molecule has 6 nitrogen and oxygen atoms in total. The van der Waals surface area contributed by atoms with Gasteiger partial charge in [-0.1, -0.05) is 12.1 Å². The first-order valence-electron chi connectivity index (χ1n) is 6.97. The average molecular weight is 314 g/mol. The van der Waals surface area contributed by atoms with Gasteiger partial charge in [-0.2, -0.15) is 5.10 Å². The van der Waals surface area contributed by atoms with E-state index in [0.717, 1.165) is 0 Å². The number of benzene rings is 1. The number of amides is 2. The smallest absolute Gasteiger partial charge is 0.319 e. The largest absolute Gasteiger partial charge is 0.464 e. The highest BCUT2D eigenvalue weighted by Crippen LogP contribution is 2.22. The van der Waals surface area contributed by atoms with Crippen molar-refractivity contribution in [1.82, 2.24) is 15.1 Å². The van der Waals surface area contributed by atoms with E-state index in [4.69, 9.17) is 4.42 Å². The number of hydrogen-bond acceptors (Lipinski definition) is 3. The second-order valence-corrected chi connectivity index (χ2v) is 4.99. The fraction of sp³-hybridized carbons (Fsp3) is 0.125. The second-order valence-electron chi connectivity index (χ2n) is 4.99. The third-order valence-electron chi connectivity index (χ3n) is 3.26. The molecule has 0 radical (unpaired) electrons. The molecule has 23 heavy (non-hydrogen) atoms. The minimum atomic E-state index is -0.424. The highest BCUT2D eigenvalue weighted by molar-refractivity contribution is 5.88. The maximum Gasteiger partial charge on any atom is 0.319 e. The predicted octanol–water partition coefficient (Wildman–Crippen LogP) is 3.14. The molecule has 2 N–H and O–H groups in total. The molecule has 0 unspecified atom stereocenters. The number of rotatable bonds is 4. The Morgan fingerprint density at radius 1 is 1.39 bits per heavy atom. The van der Waals surface area contributed by atoms with Gasteiger partial charge in [0.05, 0.1) is 18.1 Å². The summed E-state index contributed by atoms with van der Waals surface area (Å²) in [7, 11) is 1.75. The number of urea groups is 1. The molecule has 0 saturated heterocycles. The zero-order valence-corrected chi connectivity index (χ0v) is 12.4. The Hall–Kier alpha value is -3.09. The molecule has 7 heteroatoms. The zero-order valence-electron chi connectivity index (χ0n) is 12.4. The van der Waals surface area contributed by atoms with Crippen LogP contribution in [0.2, 0.25) is 0 Å². The van der Waals surface area contributed by atoms with Gasteiger partial charge in [-0.3, -0.25) is 4.68 Å². The number of aromatic nitrogens is 2. The maximum absolute atomic E-state index is 14.1. The number of carbonyl (C=O) groups excluding carboxylic acids is 1. The lowest BCUT2D eigenvalue weighted by atomic mass is 10.1. The van der Waals surface area contributed by atoms with Gasteiger partial charge in [0.1, 0.15) is 11.6 Å². The summed E-state index contributed by atoms with van der Waals surface area (Å²) in [5, 5.41) is 9.16. The third-order valence-corrected chi connectivity index (χ3v) is 3.26. The van der Waals surface area contributed by atoms with Gasteiger partial charge < -0.3 is 15.1 Å². The van der Waals surface area contributed by atoms with E-state index in [1.807, 2.05) is 0 Å². The minimum Gasteiger partial charge on any atom is -0.464 e. The molecular weight excluding hydrogens is 299 g/mol. The summed E-state index contributed by atoms with van der Waals surface area (Å²) < 4.78 is 20.9. The Morgan fingerprint density at radius 3 is 2.91 bits per heavy atom. The standard InChI is InChI=1S/C16H15FN4O2/c1-21-10-13(9-19-21)20-16(22)18-8-12-5-4-11(7-14(12)17)15-3-2-6-23-15/h2-7,9-10H,8H2,1H3,(H2,18,20,22). The first-order valence-corrected chi connectivity index (χ1v) is 6.97. The van der Waals surface area contributed by atoms with Crippen molar-refractivity contribution >= 4 is 11.7 Å². The van der Waals surface area contributed by atoms with Gasteiger partial charge in [0.25, 0.3) is 0 Å². The minimum absolute atomic E-state index is 0.0797. The highest BCUT2D eigenvalue weighted by atomic mass is 19.1. The molecule has 2 amide bonds. The molecule has 0 bridgehead atoms. The molecule has 3 aromatic rings. The van der Waals surface area contributed by atoms with E-state index in [9.17, 15) is 9.18 Å². The van der Waals surface area contributed by atoms with Crippen molar-refractivity contribution in [3.63, 3.8) is 0 Å². The summed E-state index contributed by atoms with van der Waals surface area (Å²) >= 11 is 0. The summed E-state index contributed by atoms with van der Waals surface area (Å²) in [4.78, 5) is 11.8. The van der Waals surface area contributed by atoms with Crippen LogP contribution >= 0.6 is 0 Å². The summed E-state index contributed by atoms with van der Waals surface area (Å²) in [5.41, 5.74) is 1.61. The van der Waals surface area contributed by atoms with Crippen molar-refractivity contribution in [2.24, 2.45) is 7.05 Å². The van der Waals surface area contributed by atoms with Crippen LogP contribution in [0.15, 0.2) is 53.4 Å². The van der Waals surface area contributed by atoms with Gasteiger partial charge in [-0.15, -0.1) is 0 Å². The Balaban J connectivity index is 1.61. The van der Waals surface area contributed by atoms with Crippen LogP contribution in [0.3, 0.4) is 0 Å². The molecular formula is C16H15FN4O2. The number of nitrogens with one attached hydrogen (secondary N) is 2. The summed E-state index contributed by atoms with van der Waals surface area (Å²) in [5.74, 6) is 0.193. The molecule has 2 aromatic heterocycles. The van der Waals surface area contributed by atoms with Crippen molar-refractivity contribution in [1.29, 1.82) is 0 Å². The van der Waals surface area contributed by atoms with Gasteiger partial charge >= 0.3 is 6.03 Å². The Morgan fingerprint density at radius 2 is 2.26 bits per heavy atom. The lowest BCUT2D eigenvalue weighted by Crippen LogP contribution is -2.28. The molecule has 0 spiro atoms. The van der Waals surface area contributed by atoms with Crippen molar-refractivity contribution in [3.05, 3.63) is 60.4 Å². The Labute approximate surface area is 131 Å². The molecule has 118 valence electrons. The number of carbonyl (C=O) groups is 1. The molecule has 0 saturated carbocycles. The number of nitrogens with zero attached hydrogens (tertiary/aromatic N) is 2. The number of furan rings is 1. The predicted molar refractivity (Wildman–Crippen MR) is 83.2 cm³/mol. The van der Waals surface area contributed by atoms with E-state index in [1.165, 1.54) is 18.5 Å². The van der Waals surface area contributed by atoms with Crippen LogP contribution in [0.25, 0.3) is 11.3 Å². The van der Waals surface area contributed by atoms with Gasteiger partial charge in [0, 0.05) is 30.9 Å². The lowest BCUT2D eigenvalue weighted by molar-refractivity contribution is 0.251. The first-order chi connectivity index (χ1) is 11.1. The number of anilines is 1. The van der Waals surface area contributed by atoms with Crippen molar-refractivity contribution in [2.75, 3.05) is 5.32 Å². The van der Waals surface area contributed by atoms with Gasteiger partial charge in [-0.05, 0) is 18.2 Å². The van der Waals surface area contributed by atoms with Crippen LogP contribution in [0, 0.1) is 5.82 Å². The van der Waals surface area contributed by atoms with Crippen molar-refractivity contribution < 1.29 is 13.6 Å². The lowest BCUT2D eigenvalue weighted by Gasteiger charge is -2.08. The van der Waals surface area contributed by atoms with Crippen molar-refractivity contribution in [3.8, 4) is 11.3 Å². The first kappa shape index (κ1) is 14.8. The monoisotopic (exact) mass is 314 g/mol. The zero-order chi connectivity index (χ0) is 16.2. The maximum atomic E-state index is 14.1. The number of hydrogen-bond donors (Lipinski definition) is 2. The van der Waals surface area contributed by atoms with Crippen LogP contribution in [0.5, 0.6) is 0 Å². The Kier molecular flexibility index (Phi) is 4.09. The average Bonchev–Trinajstić information content (AvgIpc) is 3.18. The SMILES string of the molecule is Cn1cc(NC(=O)NCc2ccc(-c3ccco3)cc2F)cn1. The van der Waals surface area contributed by atoms with Crippen LogP contribution < -0.4 is 10.6 Å². The molecule has 0 aliphatic carbocycles. The van der Waals surface area contributed by atoms with Gasteiger partial charge in [0.2, 0.25) is 0 Å². The van der Waals surface area contributed by atoms with E-state index in [2.05, 4.69) is 15.7 Å². The van der Waals surface area contributed by atoms with E-state index < -0.39 is 11.8 Å². The van der Waals surface area contributed by atoms with Crippen LogP contribution in [-0.4, -0.2) is 15.8 Å². The molecule has 3 rings (SSSR count). The van der Waals surface area contributed by atoms with E-state index in [1.54, 1.807) is 42.2 Å². The summed E-state index contributed by atoms with van der Waals surface area (Å²) in [6.45, 7) is 0.0797. The summed E-state index contributed by atoms with van der Waals surface area (Å²) in [6.07, 6.45) is 4.72. The number of halogens is 1. The molecule has 0 aliphatic heterocycles. The fourth-order valence-electron chi connectivity index (χ4n) is 2.12. The van der Waals surface area contributed by atoms with Gasteiger partial charge in [0.15, 0.2) is 0 Å². The normalized spacial score (nSPS) is 10.5. The molecule has 2 heterocycles. The van der Waals surface area contributed by atoms with Crippen LogP contribution in [0.4, 0.5) is 14.9 Å². The fourth-order valence-corrected chi connectivity index (χ4v) is 2.12. The van der Waals surface area contributed by atoms with Crippen molar-refractivity contribution in [2.45, 2.75) is 6.54 Å². The molecule has 1 aromatic carbocycles. The molecule has 0 fully saturated rings. The van der Waals surface area contributed by atoms with E-state index in [-0.39, 0.29) is 6.54 Å².